The molecule has 4 heteroatoms. The molecule has 0 saturated heterocycles. The SMILES string of the molecule is Nc1nc2ccccc2c(=O)n1-c1ccccc1. The second-order valence-corrected chi connectivity index (χ2v) is 3.96. The number of nitrogens with two attached hydrogens (primary N) is 1. The van der Waals surface area contributed by atoms with Gasteiger partial charge in [-0.25, -0.2) is 9.55 Å². The van der Waals surface area contributed by atoms with Gasteiger partial charge >= 0.3 is 0 Å². The monoisotopic (exact) mass is 237 g/mol. The van der Waals surface area contributed by atoms with Gasteiger partial charge in [-0.3, -0.25) is 4.79 Å². The van der Waals surface area contributed by atoms with Crippen molar-refractivity contribution in [1.29, 1.82) is 0 Å². The van der Waals surface area contributed by atoms with Gasteiger partial charge in [-0.15, -0.1) is 0 Å². The first kappa shape index (κ1) is 10.5. The van der Waals surface area contributed by atoms with E-state index in [1.165, 1.54) is 4.57 Å². The summed E-state index contributed by atoms with van der Waals surface area (Å²) in [6.45, 7) is 0. The molecule has 0 radical (unpaired) electrons. The first-order chi connectivity index (χ1) is 8.77. The lowest BCUT2D eigenvalue weighted by Gasteiger charge is -2.09. The molecule has 0 bridgehead atoms. The lowest BCUT2D eigenvalue weighted by atomic mass is 10.2. The van der Waals surface area contributed by atoms with E-state index >= 15 is 0 Å². The molecule has 18 heavy (non-hydrogen) atoms. The molecule has 4 nitrogen and oxygen atoms in total. The molecule has 2 aromatic carbocycles. The molecule has 1 heterocycles. The normalized spacial score (nSPS) is 10.7. The van der Waals surface area contributed by atoms with Crippen LogP contribution in [-0.2, 0) is 0 Å². The minimum absolute atomic E-state index is 0.149. The van der Waals surface area contributed by atoms with Crippen molar-refractivity contribution < 1.29 is 0 Å². The summed E-state index contributed by atoms with van der Waals surface area (Å²) >= 11 is 0. The zero-order valence-electron chi connectivity index (χ0n) is 9.58. The van der Waals surface area contributed by atoms with Crippen LogP contribution in [0.4, 0.5) is 5.95 Å². The zero-order chi connectivity index (χ0) is 12.5. The minimum atomic E-state index is -0.149. The molecule has 0 aliphatic heterocycles. The van der Waals surface area contributed by atoms with Crippen molar-refractivity contribution >= 4 is 16.9 Å². The maximum Gasteiger partial charge on any atom is 0.267 e. The molecule has 0 atom stereocenters. The van der Waals surface area contributed by atoms with Gasteiger partial charge in [0.25, 0.3) is 5.56 Å². The van der Waals surface area contributed by atoms with E-state index in [0.717, 1.165) is 5.69 Å². The highest BCUT2D eigenvalue weighted by Crippen LogP contribution is 2.13. The van der Waals surface area contributed by atoms with E-state index in [1.807, 2.05) is 42.5 Å². The molecule has 3 aromatic rings. The summed E-state index contributed by atoms with van der Waals surface area (Å²) in [6, 6.07) is 16.4. The van der Waals surface area contributed by atoms with Crippen molar-refractivity contribution in [3.63, 3.8) is 0 Å². The summed E-state index contributed by atoms with van der Waals surface area (Å²) in [7, 11) is 0. The van der Waals surface area contributed by atoms with Gasteiger partial charge in [0.05, 0.1) is 16.6 Å². The molecule has 0 amide bonds. The Morgan fingerprint density at radius 3 is 2.39 bits per heavy atom. The van der Waals surface area contributed by atoms with Crippen LogP contribution >= 0.6 is 0 Å². The first-order valence-corrected chi connectivity index (χ1v) is 5.60. The first-order valence-electron chi connectivity index (χ1n) is 5.60. The summed E-state index contributed by atoms with van der Waals surface area (Å²) in [5.74, 6) is 0.199. The number of anilines is 1. The highest BCUT2D eigenvalue weighted by molar-refractivity contribution is 5.78. The van der Waals surface area contributed by atoms with Gasteiger partial charge in [0.1, 0.15) is 0 Å². The summed E-state index contributed by atoms with van der Waals surface area (Å²) in [4.78, 5) is 16.6. The predicted octanol–water partition coefficient (Wildman–Crippen LogP) is 1.97. The number of aromatic nitrogens is 2. The molecule has 2 N–H and O–H groups in total. The van der Waals surface area contributed by atoms with E-state index in [-0.39, 0.29) is 11.5 Å². The Hall–Kier alpha value is -2.62. The summed E-state index contributed by atoms with van der Waals surface area (Å²) in [6.07, 6.45) is 0. The molecule has 0 fully saturated rings. The predicted molar refractivity (Wildman–Crippen MR) is 71.8 cm³/mol. The maximum atomic E-state index is 12.4. The Kier molecular flexibility index (Phi) is 2.34. The van der Waals surface area contributed by atoms with Crippen LogP contribution in [0.15, 0.2) is 59.4 Å². The van der Waals surface area contributed by atoms with Crippen molar-refractivity contribution in [3.8, 4) is 5.69 Å². The third kappa shape index (κ3) is 1.55. The number of benzene rings is 2. The molecular weight excluding hydrogens is 226 g/mol. The van der Waals surface area contributed by atoms with Gasteiger partial charge in [0.2, 0.25) is 5.95 Å². The second-order valence-electron chi connectivity index (χ2n) is 3.96. The quantitative estimate of drug-likeness (QED) is 0.703. The van der Waals surface area contributed by atoms with Crippen LogP contribution in [-0.4, -0.2) is 9.55 Å². The zero-order valence-corrected chi connectivity index (χ0v) is 9.58. The number of fused-ring (bicyclic) bond motifs is 1. The van der Waals surface area contributed by atoms with Gasteiger partial charge in [-0.05, 0) is 24.3 Å². The van der Waals surface area contributed by atoms with E-state index in [2.05, 4.69) is 4.98 Å². The Balaban J connectivity index is 2.41. The highest BCUT2D eigenvalue weighted by atomic mass is 16.1. The van der Waals surface area contributed by atoms with E-state index in [9.17, 15) is 4.79 Å². The molecule has 88 valence electrons. The Morgan fingerprint density at radius 2 is 1.61 bits per heavy atom. The Bertz CT molecular complexity index is 763. The standard InChI is InChI=1S/C14H11N3O/c15-14-16-12-9-5-4-8-11(12)13(18)17(14)10-6-2-1-3-7-10/h1-9H,(H2,15,16). The van der Waals surface area contributed by atoms with Gasteiger partial charge in [0, 0.05) is 0 Å². The summed E-state index contributed by atoms with van der Waals surface area (Å²) in [5.41, 5.74) is 7.06. The average Bonchev–Trinajstić information content (AvgIpc) is 2.40. The van der Waals surface area contributed by atoms with Crippen LogP contribution in [0.2, 0.25) is 0 Å². The lowest BCUT2D eigenvalue weighted by Crippen LogP contribution is -2.22. The van der Waals surface area contributed by atoms with Crippen LogP contribution in [0.1, 0.15) is 0 Å². The lowest BCUT2D eigenvalue weighted by molar-refractivity contribution is 0.982. The molecule has 0 aliphatic carbocycles. The van der Waals surface area contributed by atoms with Crippen molar-refractivity contribution in [3.05, 3.63) is 65.0 Å². The molecule has 3 rings (SSSR count). The minimum Gasteiger partial charge on any atom is -0.369 e. The van der Waals surface area contributed by atoms with Gasteiger partial charge in [0.15, 0.2) is 0 Å². The topological polar surface area (TPSA) is 60.9 Å². The average molecular weight is 237 g/mol. The largest absolute Gasteiger partial charge is 0.369 e. The maximum absolute atomic E-state index is 12.4. The third-order valence-corrected chi connectivity index (χ3v) is 2.82. The van der Waals surface area contributed by atoms with Gasteiger partial charge in [-0.2, -0.15) is 0 Å². The summed E-state index contributed by atoms with van der Waals surface area (Å²) < 4.78 is 1.42. The fourth-order valence-electron chi connectivity index (χ4n) is 1.98. The molecule has 1 aromatic heterocycles. The van der Waals surface area contributed by atoms with Crippen molar-refractivity contribution in [2.45, 2.75) is 0 Å². The van der Waals surface area contributed by atoms with E-state index in [1.54, 1.807) is 12.1 Å². The molecule has 0 spiro atoms. The number of hydrogen-bond acceptors (Lipinski definition) is 3. The number of rotatable bonds is 1. The third-order valence-electron chi connectivity index (χ3n) is 2.82. The van der Waals surface area contributed by atoms with E-state index in [0.29, 0.717) is 10.9 Å². The fourth-order valence-corrected chi connectivity index (χ4v) is 1.98. The fraction of sp³-hybridized carbons (Fsp3) is 0. The highest BCUT2D eigenvalue weighted by Gasteiger charge is 2.09. The van der Waals surface area contributed by atoms with Crippen LogP contribution in [0.5, 0.6) is 0 Å². The second kappa shape index (κ2) is 4.00. The van der Waals surface area contributed by atoms with E-state index < -0.39 is 0 Å². The van der Waals surface area contributed by atoms with Crippen molar-refractivity contribution in [2.75, 3.05) is 5.73 Å². The Labute approximate surface area is 103 Å². The number of nitrogen functional groups attached to an aromatic ring is 1. The number of hydrogen-bond donors (Lipinski definition) is 1. The number of para-hydroxylation sites is 2. The number of nitrogens with zero attached hydrogens (tertiary/aromatic N) is 2. The molecule has 0 saturated carbocycles. The summed E-state index contributed by atoms with van der Waals surface area (Å²) in [5, 5.41) is 0.565. The van der Waals surface area contributed by atoms with Crippen LogP contribution in [0.3, 0.4) is 0 Å². The van der Waals surface area contributed by atoms with Crippen molar-refractivity contribution in [2.24, 2.45) is 0 Å². The molecule has 0 unspecified atom stereocenters. The van der Waals surface area contributed by atoms with Gasteiger partial charge < -0.3 is 5.73 Å². The molecular formula is C14H11N3O. The molecule has 0 aliphatic rings. The van der Waals surface area contributed by atoms with E-state index in [4.69, 9.17) is 5.73 Å². The van der Waals surface area contributed by atoms with Gasteiger partial charge in [-0.1, -0.05) is 30.3 Å². The van der Waals surface area contributed by atoms with Crippen LogP contribution in [0, 0.1) is 0 Å². The smallest absolute Gasteiger partial charge is 0.267 e. The van der Waals surface area contributed by atoms with Crippen molar-refractivity contribution in [1.82, 2.24) is 9.55 Å². The van der Waals surface area contributed by atoms with Crippen LogP contribution in [0.25, 0.3) is 16.6 Å². The van der Waals surface area contributed by atoms with Crippen LogP contribution < -0.4 is 11.3 Å². The Morgan fingerprint density at radius 1 is 0.944 bits per heavy atom.